The third-order valence-electron chi connectivity index (χ3n) is 4.35. The van der Waals surface area contributed by atoms with Crippen molar-refractivity contribution < 1.29 is 0 Å². The molecule has 3 nitrogen and oxygen atoms in total. The van der Waals surface area contributed by atoms with E-state index >= 15 is 0 Å². The second kappa shape index (κ2) is 5.28. The summed E-state index contributed by atoms with van der Waals surface area (Å²) in [5, 5.41) is 7.16. The lowest BCUT2D eigenvalue weighted by atomic mass is 9.97. The van der Waals surface area contributed by atoms with Crippen LogP contribution in [0.4, 0.5) is 0 Å². The van der Waals surface area contributed by atoms with Crippen LogP contribution in [0.1, 0.15) is 37.9 Å². The van der Waals surface area contributed by atoms with E-state index in [0.717, 1.165) is 0 Å². The Morgan fingerprint density at radius 1 is 1.29 bits per heavy atom. The van der Waals surface area contributed by atoms with Crippen molar-refractivity contribution in [3.63, 3.8) is 0 Å². The molecule has 1 N–H and O–H groups in total. The molecule has 4 heteroatoms. The summed E-state index contributed by atoms with van der Waals surface area (Å²) in [5.41, 5.74) is 2.48. The second-order valence-electron chi connectivity index (χ2n) is 5.88. The monoisotopic (exact) mass is 297 g/mol. The minimum Gasteiger partial charge on any atom is -0.306 e. The lowest BCUT2D eigenvalue weighted by Gasteiger charge is -2.29. The zero-order chi connectivity index (χ0) is 14.2. The number of benzene rings is 1. The van der Waals surface area contributed by atoms with Gasteiger partial charge in [0.25, 0.3) is 0 Å². The van der Waals surface area contributed by atoms with Gasteiger partial charge in [-0.15, -0.1) is 11.3 Å². The molecule has 0 amide bonds. The molecule has 1 aliphatic rings. The average molecular weight is 297 g/mol. The van der Waals surface area contributed by atoms with Crippen molar-refractivity contribution >= 4 is 21.4 Å². The molecular formula is C17H19N3S. The number of piperidine rings is 1. The average Bonchev–Trinajstić information content (AvgIpc) is 3.15. The molecule has 4 rings (SSSR count). The summed E-state index contributed by atoms with van der Waals surface area (Å²) in [6, 6.07) is 9.83. The Kier molecular flexibility index (Phi) is 3.28. The van der Waals surface area contributed by atoms with Crippen LogP contribution < -0.4 is 5.32 Å². The molecule has 0 aliphatic carbocycles. The van der Waals surface area contributed by atoms with Crippen LogP contribution >= 0.6 is 11.3 Å². The van der Waals surface area contributed by atoms with Gasteiger partial charge in [0.1, 0.15) is 0 Å². The number of aromatic nitrogens is 2. The van der Waals surface area contributed by atoms with E-state index in [-0.39, 0.29) is 0 Å². The van der Waals surface area contributed by atoms with Gasteiger partial charge < -0.3 is 9.88 Å². The first-order chi connectivity index (χ1) is 10.3. The number of thiophene rings is 1. The predicted molar refractivity (Wildman–Crippen MR) is 88.1 cm³/mol. The van der Waals surface area contributed by atoms with Gasteiger partial charge in [-0.1, -0.05) is 0 Å². The molecule has 0 saturated carbocycles. The summed E-state index contributed by atoms with van der Waals surface area (Å²) in [4.78, 5) is 4.39. The van der Waals surface area contributed by atoms with Gasteiger partial charge in [0.15, 0.2) is 0 Å². The summed E-state index contributed by atoms with van der Waals surface area (Å²) in [6.07, 6.45) is 7.69. The maximum Gasteiger partial charge on any atom is 0.0994 e. The molecule has 2 aromatic heterocycles. The van der Waals surface area contributed by atoms with E-state index in [2.05, 4.69) is 51.4 Å². The van der Waals surface area contributed by atoms with Crippen molar-refractivity contribution in [3.05, 3.63) is 47.9 Å². The SMILES string of the molecule is CC1CCCC(c2cncn2-c2ccc3sccc3c2)N1. The first-order valence-electron chi connectivity index (χ1n) is 7.57. The highest BCUT2D eigenvalue weighted by Crippen LogP contribution is 2.29. The minimum absolute atomic E-state index is 0.412. The molecule has 2 atom stereocenters. The number of imidazole rings is 1. The molecule has 0 bridgehead atoms. The third-order valence-corrected chi connectivity index (χ3v) is 5.25. The van der Waals surface area contributed by atoms with Crippen LogP contribution in [0, 0.1) is 0 Å². The van der Waals surface area contributed by atoms with E-state index < -0.39 is 0 Å². The van der Waals surface area contributed by atoms with E-state index in [0.29, 0.717) is 12.1 Å². The lowest BCUT2D eigenvalue weighted by Crippen LogP contribution is -2.35. The highest BCUT2D eigenvalue weighted by Gasteiger charge is 2.22. The van der Waals surface area contributed by atoms with Crippen LogP contribution in [-0.4, -0.2) is 15.6 Å². The van der Waals surface area contributed by atoms with Gasteiger partial charge >= 0.3 is 0 Å². The molecule has 3 heterocycles. The Bertz CT molecular complexity index is 758. The van der Waals surface area contributed by atoms with Crippen LogP contribution in [0.3, 0.4) is 0 Å². The fourth-order valence-corrected chi connectivity index (χ4v) is 4.03. The fourth-order valence-electron chi connectivity index (χ4n) is 3.25. The van der Waals surface area contributed by atoms with Crippen LogP contribution in [-0.2, 0) is 0 Å². The van der Waals surface area contributed by atoms with Crippen LogP contribution in [0.15, 0.2) is 42.2 Å². The smallest absolute Gasteiger partial charge is 0.0994 e. The van der Waals surface area contributed by atoms with Gasteiger partial charge in [-0.25, -0.2) is 4.98 Å². The van der Waals surface area contributed by atoms with Crippen molar-refractivity contribution in [1.29, 1.82) is 0 Å². The first-order valence-corrected chi connectivity index (χ1v) is 8.45. The topological polar surface area (TPSA) is 29.9 Å². The Hall–Kier alpha value is -1.65. The molecule has 108 valence electrons. The van der Waals surface area contributed by atoms with Gasteiger partial charge in [-0.3, -0.25) is 0 Å². The van der Waals surface area contributed by atoms with Gasteiger partial charge in [0.2, 0.25) is 0 Å². The fraction of sp³-hybridized carbons (Fsp3) is 0.353. The first kappa shape index (κ1) is 13.0. The Morgan fingerprint density at radius 2 is 2.24 bits per heavy atom. The van der Waals surface area contributed by atoms with Gasteiger partial charge in [-0.2, -0.15) is 0 Å². The van der Waals surface area contributed by atoms with E-state index in [9.17, 15) is 0 Å². The number of nitrogens with zero attached hydrogens (tertiary/aromatic N) is 2. The Morgan fingerprint density at radius 3 is 3.14 bits per heavy atom. The molecule has 0 radical (unpaired) electrons. The van der Waals surface area contributed by atoms with Gasteiger partial charge in [0.05, 0.1) is 18.2 Å². The number of hydrogen-bond donors (Lipinski definition) is 1. The summed E-state index contributed by atoms with van der Waals surface area (Å²) in [7, 11) is 0. The maximum atomic E-state index is 4.39. The molecule has 21 heavy (non-hydrogen) atoms. The predicted octanol–water partition coefficient (Wildman–Crippen LogP) is 4.29. The Balaban J connectivity index is 1.73. The quantitative estimate of drug-likeness (QED) is 0.764. The maximum absolute atomic E-state index is 4.39. The van der Waals surface area contributed by atoms with Crippen molar-refractivity contribution in [2.45, 2.75) is 38.3 Å². The largest absolute Gasteiger partial charge is 0.306 e. The number of rotatable bonds is 2. The molecule has 2 unspecified atom stereocenters. The van der Waals surface area contributed by atoms with E-state index in [4.69, 9.17) is 0 Å². The normalized spacial score (nSPS) is 22.7. The Labute approximate surface area is 128 Å². The van der Waals surface area contributed by atoms with Crippen molar-refractivity contribution in [1.82, 2.24) is 14.9 Å². The minimum atomic E-state index is 0.412. The summed E-state index contributed by atoms with van der Waals surface area (Å²) in [5.74, 6) is 0. The molecule has 1 saturated heterocycles. The zero-order valence-electron chi connectivity index (χ0n) is 12.1. The van der Waals surface area contributed by atoms with Crippen molar-refractivity contribution in [3.8, 4) is 5.69 Å². The summed E-state index contributed by atoms with van der Waals surface area (Å²) >= 11 is 1.79. The zero-order valence-corrected chi connectivity index (χ0v) is 12.9. The second-order valence-corrected chi connectivity index (χ2v) is 6.83. The third kappa shape index (κ3) is 2.39. The van der Waals surface area contributed by atoms with E-state index in [1.807, 2.05) is 12.5 Å². The van der Waals surface area contributed by atoms with Crippen molar-refractivity contribution in [2.24, 2.45) is 0 Å². The van der Waals surface area contributed by atoms with E-state index in [1.54, 1.807) is 11.3 Å². The molecule has 0 spiro atoms. The number of hydrogen-bond acceptors (Lipinski definition) is 3. The van der Waals surface area contributed by atoms with Crippen molar-refractivity contribution in [2.75, 3.05) is 0 Å². The lowest BCUT2D eigenvalue weighted by molar-refractivity contribution is 0.334. The number of nitrogens with one attached hydrogen (secondary N) is 1. The molecular weight excluding hydrogens is 278 g/mol. The summed E-state index contributed by atoms with van der Waals surface area (Å²) < 4.78 is 3.57. The van der Waals surface area contributed by atoms with Crippen LogP contribution in [0.5, 0.6) is 0 Å². The van der Waals surface area contributed by atoms with Gasteiger partial charge in [-0.05, 0) is 61.2 Å². The van der Waals surface area contributed by atoms with Gasteiger partial charge in [0, 0.05) is 22.5 Å². The molecule has 1 fully saturated rings. The number of fused-ring (bicyclic) bond motifs is 1. The summed E-state index contributed by atoms with van der Waals surface area (Å²) in [6.45, 7) is 2.27. The molecule has 1 aliphatic heterocycles. The molecule has 3 aromatic rings. The van der Waals surface area contributed by atoms with E-state index in [1.165, 1.54) is 40.7 Å². The highest BCUT2D eigenvalue weighted by atomic mass is 32.1. The highest BCUT2D eigenvalue weighted by molar-refractivity contribution is 7.17. The van der Waals surface area contributed by atoms with Crippen LogP contribution in [0.25, 0.3) is 15.8 Å². The standard InChI is InChI=1S/C17H19N3S/c1-12-3-2-4-15(19-12)16-10-18-11-20(16)14-5-6-17-13(9-14)7-8-21-17/h5-12,15,19H,2-4H2,1H3. The van der Waals surface area contributed by atoms with Crippen LogP contribution in [0.2, 0.25) is 0 Å². The molecule has 1 aromatic carbocycles.